The SMILES string of the molecule is O=C(O)[C@@H]1[C@@H](C(=O)NCCCN2CCCC2=O)[C@H]2C=C[C@@H]1C2. The molecule has 1 saturated carbocycles. The molecule has 1 aliphatic heterocycles. The van der Waals surface area contributed by atoms with Crippen LogP contribution in [0.4, 0.5) is 0 Å². The lowest BCUT2D eigenvalue weighted by atomic mass is 9.82. The molecule has 3 aliphatic rings. The predicted molar refractivity (Wildman–Crippen MR) is 78.8 cm³/mol. The lowest BCUT2D eigenvalue weighted by Crippen LogP contribution is -2.41. The standard InChI is InChI=1S/C16H22N2O4/c19-12-3-1-7-18(12)8-2-6-17-15(20)13-10-4-5-11(9-10)14(13)16(21)22/h4-5,10-11,13-14H,1-3,6-9H2,(H,17,20)(H,21,22)/t10-,11+,13-,14-/m0/s1. The minimum Gasteiger partial charge on any atom is -0.481 e. The first-order valence-corrected chi connectivity index (χ1v) is 8.04. The molecular formula is C16H22N2O4. The molecule has 2 N–H and O–H groups in total. The van der Waals surface area contributed by atoms with E-state index in [0.29, 0.717) is 25.9 Å². The highest BCUT2D eigenvalue weighted by atomic mass is 16.4. The zero-order valence-electron chi connectivity index (χ0n) is 12.5. The van der Waals surface area contributed by atoms with Crippen LogP contribution in [0.3, 0.4) is 0 Å². The summed E-state index contributed by atoms with van der Waals surface area (Å²) >= 11 is 0. The third-order valence-corrected chi connectivity index (χ3v) is 5.12. The van der Waals surface area contributed by atoms with Gasteiger partial charge in [0.25, 0.3) is 0 Å². The molecule has 0 aromatic rings. The second-order valence-electron chi connectivity index (χ2n) is 6.47. The maximum absolute atomic E-state index is 12.3. The fourth-order valence-electron chi connectivity index (χ4n) is 4.06. The van der Waals surface area contributed by atoms with Crippen LogP contribution in [0.1, 0.15) is 25.7 Å². The van der Waals surface area contributed by atoms with Crippen molar-refractivity contribution in [1.82, 2.24) is 10.2 Å². The van der Waals surface area contributed by atoms with E-state index in [4.69, 9.17) is 0 Å². The smallest absolute Gasteiger partial charge is 0.307 e. The van der Waals surface area contributed by atoms with Crippen molar-refractivity contribution in [3.05, 3.63) is 12.2 Å². The summed E-state index contributed by atoms with van der Waals surface area (Å²) in [6, 6.07) is 0. The molecule has 0 unspecified atom stereocenters. The van der Waals surface area contributed by atoms with E-state index in [0.717, 1.165) is 19.4 Å². The van der Waals surface area contributed by atoms with Crippen LogP contribution in [0.5, 0.6) is 0 Å². The highest BCUT2D eigenvalue weighted by molar-refractivity contribution is 5.86. The molecule has 6 nitrogen and oxygen atoms in total. The third-order valence-electron chi connectivity index (χ3n) is 5.12. The summed E-state index contributed by atoms with van der Waals surface area (Å²) in [5.74, 6) is -1.81. The highest BCUT2D eigenvalue weighted by Gasteiger charge is 2.51. The number of hydrogen-bond donors (Lipinski definition) is 2. The van der Waals surface area contributed by atoms with E-state index in [-0.39, 0.29) is 23.7 Å². The minimum atomic E-state index is -0.875. The molecule has 2 amide bonds. The Morgan fingerprint density at radius 3 is 2.64 bits per heavy atom. The van der Waals surface area contributed by atoms with E-state index in [1.807, 2.05) is 17.1 Å². The number of carbonyl (C=O) groups is 3. The van der Waals surface area contributed by atoms with Gasteiger partial charge >= 0.3 is 5.97 Å². The number of fused-ring (bicyclic) bond motifs is 2. The van der Waals surface area contributed by atoms with E-state index in [1.165, 1.54) is 0 Å². The number of nitrogens with zero attached hydrogens (tertiary/aromatic N) is 1. The molecule has 0 aromatic heterocycles. The van der Waals surface area contributed by atoms with E-state index in [1.54, 1.807) is 0 Å². The van der Waals surface area contributed by atoms with Crippen LogP contribution in [-0.4, -0.2) is 47.4 Å². The summed E-state index contributed by atoms with van der Waals surface area (Å²) in [7, 11) is 0. The topological polar surface area (TPSA) is 86.7 Å². The normalized spacial score (nSPS) is 32.7. The second kappa shape index (κ2) is 6.10. The first-order chi connectivity index (χ1) is 10.6. The molecule has 0 radical (unpaired) electrons. The Morgan fingerprint density at radius 1 is 1.27 bits per heavy atom. The van der Waals surface area contributed by atoms with Crippen molar-refractivity contribution < 1.29 is 19.5 Å². The van der Waals surface area contributed by atoms with E-state index < -0.39 is 17.8 Å². The molecule has 4 atom stereocenters. The Labute approximate surface area is 129 Å². The third kappa shape index (κ3) is 2.74. The molecule has 1 saturated heterocycles. The summed E-state index contributed by atoms with van der Waals surface area (Å²) < 4.78 is 0. The number of carbonyl (C=O) groups excluding carboxylic acids is 2. The zero-order chi connectivity index (χ0) is 15.7. The van der Waals surface area contributed by atoms with E-state index in [2.05, 4.69) is 5.32 Å². The predicted octanol–water partition coefficient (Wildman–Crippen LogP) is 0.638. The Kier molecular flexibility index (Phi) is 4.18. The van der Waals surface area contributed by atoms with E-state index in [9.17, 15) is 19.5 Å². The number of likely N-dealkylation sites (tertiary alicyclic amines) is 1. The van der Waals surface area contributed by atoms with Gasteiger partial charge in [-0.1, -0.05) is 12.2 Å². The summed E-state index contributed by atoms with van der Waals surface area (Å²) in [5, 5.41) is 12.2. The summed E-state index contributed by atoms with van der Waals surface area (Å²) in [5.41, 5.74) is 0. The van der Waals surface area contributed by atoms with Gasteiger partial charge in [0.1, 0.15) is 0 Å². The number of nitrogens with one attached hydrogen (secondary N) is 1. The quantitative estimate of drug-likeness (QED) is 0.557. The Morgan fingerprint density at radius 2 is 2.00 bits per heavy atom. The van der Waals surface area contributed by atoms with Crippen molar-refractivity contribution in [3.8, 4) is 0 Å². The molecule has 3 rings (SSSR count). The first kappa shape index (κ1) is 15.1. The Hall–Kier alpha value is -1.85. The van der Waals surface area contributed by atoms with Crippen LogP contribution >= 0.6 is 0 Å². The number of allylic oxidation sites excluding steroid dienone is 2. The number of aliphatic carboxylic acids is 1. The molecule has 2 bridgehead atoms. The number of carboxylic acids is 1. The largest absolute Gasteiger partial charge is 0.481 e. The van der Waals surface area contributed by atoms with E-state index >= 15 is 0 Å². The lowest BCUT2D eigenvalue weighted by Gasteiger charge is -2.24. The van der Waals surface area contributed by atoms with Gasteiger partial charge in [0.2, 0.25) is 11.8 Å². The zero-order valence-corrected chi connectivity index (χ0v) is 12.5. The molecule has 1 heterocycles. The number of carboxylic acid groups (broad SMARTS) is 1. The summed E-state index contributed by atoms with van der Waals surface area (Å²) in [6.45, 7) is 1.97. The fourth-order valence-corrected chi connectivity index (χ4v) is 4.06. The van der Waals surface area contributed by atoms with Crippen molar-refractivity contribution in [2.45, 2.75) is 25.7 Å². The summed E-state index contributed by atoms with van der Waals surface area (Å²) in [6.07, 6.45) is 6.96. The average Bonchev–Trinajstić information content (AvgIpc) is 3.18. The molecule has 6 heteroatoms. The molecular weight excluding hydrogens is 284 g/mol. The monoisotopic (exact) mass is 306 g/mol. The van der Waals surface area contributed by atoms with Gasteiger partial charge in [-0.3, -0.25) is 14.4 Å². The Balaban J connectivity index is 1.46. The van der Waals surface area contributed by atoms with Gasteiger partial charge in [0.15, 0.2) is 0 Å². The molecule has 0 spiro atoms. The van der Waals surface area contributed by atoms with Crippen LogP contribution in [0, 0.1) is 23.7 Å². The first-order valence-electron chi connectivity index (χ1n) is 8.04. The van der Waals surface area contributed by atoms with Crippen LogP contribution in [-0.2, 0) is 14.4 Å². The van der Waals surface area contributed by atoms with Crippen LogP contribution < -0.4 is 5.32 Å². The maximum atomic E-state index is 12.3. The highest BCUT2D eigenvalue weighted by Crippen LogP contribution is 2.48. The maximum Gasteiger partial charge on any atom is 0.307 e. The van der Waals surface area contributed by atoms with Gasteiger partial charge in [-0.05, 0) is 31.1 Å². The van der Waals surface area contributed by atoms with Gasteiger partial charge in [0, 0.05) is 26.1 Å². The minimum absolute atomic E-state index is 0.000437. The molecule has 2 aliphatic carbocycles. The van der Waals surface area contributed by atoms with Gasteiger partial charge in [-0.2, -0.15) is 0 Å². The van der Waals surface area contributed by atoms with Gasteiger partial charge < -0.3 is 15.3 Å². The average molecular weight is 306 g/mol. The van der Waals surface area contributed by atoms with Crippen molar-refractivity contribution in [2.24, 2.45) is 23.7 Å². The van der Waals surface area contributed by atoms with Gasteiger partial charge in [-0.15, -0.1) is 0 Å². The lowest BCUT2D eigenvalue weighted by molar-refractivity contribution is -0.147. The van der Waals surface area contributed by atoms with Gasteiger partial charge in [-0.25, -0.2) is 0 Å². The van der Waals surface area contributed by atoms with Crippen molar-refractivity contribution in [2.75, 3.05) is 19.6 Å². The fraction of sp³-hybridized carbons (Fsp3) is 0.688. The van der Waals surface area contributed by atoms with Crippen LogP contribution in [0.15, 0.2) is 12.2 Å². The molecule has 22 heavy (non-hydrogen) atoms. The summed E-state index contributed by atoms with van der Waals surface area (Å²) in [4.78, 5) is 37.0. The van der Waals surface area contributed by atoms with Crippen molar-refractivity contribution >= 4 is 17.8 Å². The number of hydrogen-bond acceptors (Lipinski definition) is 3. The van der Waals surface area contributed by atoms with Crippen molar-refractivity contribution in [1.29, 1.82) is 0 Å². The molecule has 2 fully saturated rings. The second-order valence-corrected chi connectivity index (χ2v) is 6.47. The molecule has 0 aromatic carbocycles. The Bertz CT molecular complexity index is 516. The van der Waals surface area contributed by atoms with Crippen molar-refractivity contribution in [3.63, 3.8) is 0 Å². The van der Waals surface area contributed by atoms with Gasteiger partial charge in [0.05, 0.1) is 11.8 Å². The number of rotatable bonds is 6. The van der Waals surface area contributed by atoms with Crippen LogP contribution in [0.2, 0.25) is 0 Å². The number of amides is 2. The molecule has 120 valence electrons. The van der Waals surface area contributed by atoms with Crippen LogP contribution in [0.25, 0.3) is 0 Å².